The quantitative estimate of drug-likeness (QED) is 0.214. The number of ether oxygens (including phenoxy) is 1. The minimum absolute atomic E-state index is 0.0379. The summed E-state index contributed by atoms with van der Waals surface area (Å²) in [5, 5.41) is 23.5. The molecule has 1 aliphatic heterocycles. The molecule has 2 aromatic carbocycles. The van der Waals surface area contributed by atoms with Gasteiger partial charge in [0.05, 0.1) is 32.6 Å². The summed E-state index contributed by atoms with van der Waals surface area (Å²) in [5.41, 5.74) is 7.75. The second kappa shape index (κ2) is 14.0. The number of rotatable bonds is 12. The summed E-state index contributed by atoms with van der Waals surface area (Å²) in [6, 6.07) is 17.9. The Morgan fingerprint density at radius 1 is 1.15 bits per heavy atom. The molecule has 0 aliphatic carbocycles. The van der Waals surface area contributed by atoms with Gasteiger partial charge in [0, 0.05) is 44.7 Å². The molecular weight excluding hydrogens is 518 g/mol. The fraction of sp³-hybridized carbons (Fsp3) is 0.357. The first-order valence-corrected chi connectivity index (χ1v) is 14.4. The first kappa shape index (κ1) is 28.5. The van der Waals surface area contributed by atoms with Crippen LogP contribution in [0.4, 0.5) is 5.69 Å². The van der Waals surface area contributed by atoms with Gasteiger partial charge in [-0.3, -0.25) is 29.7 Å². The summed E-state index contributed by atoms with van der Waals surface area (Å²) in [4.78, 5) is 19.5. The van der Waals surface area contributed by atoms with Gasteiger partial charge in [-0.2, -0.15) is 0 Å². The van der Waals surface area contributed by atoms with Crippen molar-refractivity contribution in [1.29, 1.82) is 0 Å². The number of amides is 1. The number of hydrogen-bond donors (Lipinski definition) is 5. The van der Waals surface area contributed by atoms with Gasteiger partial charge in [0.25, 0.3) is 5.91 Å². The number of nitrogens with one attached hydrogen (secondary N) is 3. The summed E-state index contributed by atoms with van der Waals surface area (Å²) in [6.45, 7) is 3.01. The van der Waals surface area contributed by atoms with Crippen LogP contribution in [0.2, 0.25) is 0 Å². The van der Waals surface area contributed by atoms with Crippen molar-refractivity contribution in [3.63, 3.8) is 0 Å². The standard InChI is InChI=1S/C28H35N5O5S/c1-39(37)27-15-25(9-10-26(27)35)38-19-24(34)17-30-21-11-13-33(14-12-21)18-23-8-7-20(16-29-23)28(36)32-31-22-5-3-2-4-6-22/h2-10,15-16,21,24,30-31,34-35H,11-14,17-19H2,1H3,(H,32,36). The van der Waals surface area contributed by atoms with Crippen molar-refractivity contribution in [1.82, 2.24) is 20.6 Å². The molecule has 5 N–H and O–H groups in total. The molecule has 1 fully saturated rings. The van der Waals surface area contributed by atoms with E-state index in [2.05, 4.69) is 26.1 Å². The number of aliphatic hydroxyl groups excluding tert-OH is 1. The van der Waals surface area contributed by atoms with Crippen molar-refractivity contribution >= 4 is 22.4 Å². The summed E-state index contributed by atoms with van der Waals surface area (Å²) in [7, 11) is -1.33. The van der Waals surface area contributed by atoms with Crippen LogP contribution in [0.5, 0.6) is 11.5 Å². The largest absolute Gasteiger partial charge is 0.507 e. The van der Waals surface area contributed by atoms with Crippen LogP contribution in [0.1, 0.15) is 28.9 Å². The molecule has 39 heavy (non-hydrogen) atoms. The van der Waals surface area contributed by atoms with Crippen LogP contribution in [0, 0.1) is 0 Å². The molecule has 2 atom stereocenters. The molecule has 1 aliphatic rings. The fourth-order valence-corrected chi connectivity index (χ4v) is 4.91. The van der Waals surface area contributed by atoms with Gasteiger partial charge in [-0.1, -0.05) is 18.2 Å². The van der Waals surface area contributed by atoms with Crippen LogP contribution < -0.4 is 20.9 Å². The number of piperidine rings is 1. The summed E-state index contributed by atoms with van der Waals surface area (Å²) < 4.78 is 17.3. The van der Waals surface area contributed by atoms with E-state index in [-0.39, 0.29) is 18.3 Å². The molecule has 1 saturated heterocycles. The number of nitrogens with zero attached hydrogens (tertiary/aromatic N) is 2. The van der Waals surface area contributed by atoms with Gasteiger partial charge in [-0.05, 0) is 55.3 Å². The second-order valence-electron chi connectivity index (χ2n) is 9.49. The number of pyridine rings is 1. The molecule has 11 heteroatoms. The maximum absolute atomic E-state index is 12.4. The van der Waals surface area contributed by atoms with Crippen LogP contribution >= 0.6 is 0 Å². The predicted molar refractivity (Wildman–Crippen MR) is 150 cm³/mol. The number of aromatic nitrogens is 1. The van der Waals surface area contributed by atoms with E-state index in [1.807, 2.05) is 36.4 Å². The number of anilines is 1. The zero-order chi connectivity index (χ0) is 27.6. The molecule has 0 bridgehead atoms. The van der Waals surface area contributed by atoms with E-state index in [9.17, 15) is 19.2 Å². The lowest BCUT2D eigenvalue weighted by Gasteiger charge is -2.32. The SMILES string of the molecule is CS(=O)c1cc(OCC(O)CNC2CCN(Cc3ccc(C(=O)NNc4ccccc4)cn3)CC2)ccc1O. The lowest BCUT2D eigenvalue weighted by molar-refractivity contribution is 0.0962. The summed E-state index contributed by atoms with van der Waals surface area (Å²) in [5.74, 6) is 0.170. The van der Waals surface area contributed by atoms with Gasteiger partial charge in [0.2, 0.25) is 0 Å². The lowest BCUT2D eigenvalue weighted by atomic mass is 10.0. The third-order valence-corrected chi connectivity index (χ3v) is 7.43. The zero-order valence-electron chi connectivity index (χ0n) is 21.9. The van der Waals surface area contributed by atoms with Gasteiger partial charge in [0.1, 0.15) is 24.2 Å². The van der Waals surface area contributed by atoms with Crippen molar-refractivity contribution in [2.45, 2.75) is 36.4 Å². The second-order valence-corrected chi connectivity index (χ2v) is 10.8. The maximum atomic E-state index is 12.4. The van der Waals surface area contributed by atoms with Gasteiger partial charge in [0.15, 0.2) is 0 Å². The van der Waals surface area contributed by atoms with Gasteiger partial charge >= 0.3 is 0 Å². The highest BCUT2D eigenvalue weighted by atomic mass is 32.2. The average Bonchev–Trinajstić information content (AvgIpc) is 2.96. The first-order chi connectivity index (χ1) is 18.9. The average molecular weight is 554 g/mol. The highest BCUT2D eigenvalue weighted by molar-refractivity contribution is 7.84. The van der Waals surface area contributed by atoms with Gasteiger partial charge in [-0.15, -0.1) is 0 Å². The molecule has 0 radical (unpaired) electrons. The minimum atomic E-state index is -1.33. The number of aliphatic hydroxyl groups is 1. The number of carbonyl (C=O) groups excluding carboxylic acids is 1. The Kier molecular flexibility index (Phi) is 10.3. The van der Waals surface area contributed by atoms with E-state index in [0.29, 0.717) is 35.3 Å². The highest BCUT2D eigenvalue weighted by Gasteiger charge is 2.20. The molecule has 10 nitrogen and oxygen atoms in total. The van der Waals surface area contributed by atoms with Crippen LogP contribution in [0.3, 0.4) is 0 Å². The summed E-state index contributed by atoms with van der Waals surface area (Å²) in [6.07, 6.45) is 4.28. The number of hydrogen-bond acceptors (Lipinski definition) is 9. The lowest BCUT2D eigenvalue weighted by Crippen LogP contribution is -2.45. The molecule has 4 rings (SSSR count). The highest BCUT2D eigenvalue weighted by Crippen LogP contribution is 2.25. The number of phenols is 1. The number of aromatic hydroxyl groups is 1. The van der Waals surface area contributed by atoms with Crippen LogP contribution in [-0.4, -0.2) is 74.9 Å². The monoisotopic (exact) mass is 553 g/mol. The topological polar surface area (TPSA) is 136 Å². The van der Waals surface area contributed by atoms with Crippen molar-refractivity contribution < 1.29 is 24.0 Å². The van der Waals surface area contributed by atoms with Crippen molar-refractivity contribution in [2.24, 2.45) is 0 Å². The van der Waals surface area contributed by atoms with E-state index in [1.54, 1.807) is 18.3 Å². The Hall–Kier alpha value is -3.51. The van der Waals surface area contributed by atoms with E-state index >= 15 is 0 Å². The normalized spacial score (nSPS) is 15.8. The Morgan fingerprint density at radius 2 is 1.92 bits per heavy atom. The molecule has 2 unspecified atom stereocenters. The van der Waals surface area contributed by atoms with E-state index < -0.39 is 16.9 Å². The first-order valence-electron chi connectivity index (χ1n) is 12.9. The van der Waals surface area contributed by atoms with Gasteiger partial charge in [-0.25, -0.2) is 0 Å². The molecule has 1 amide bonds. The molecule has 208 valence electrons. The number of para-hydroxylation sites is 1. The number of likely N-dealkylation sites (tertiary alicyclic amines) is 1. The number of hydrazine groups is 1. The molecule has 1 aromatic heterocycles. The smallest absolute Gasteiger partial charge is 0.271 e. The number of carbonyl (C=O) groups is 1. The predicted octanol–water partition coefficient (Wildman–Crippen LogP) is 2.28. The Labute approximate surface area is 230 Å². The number of phenolic OH excluding ortho intramolecular Hbond substituents is 1. The van der Waals surface area contributed by atoms with Crippen LogP contribution in [-0.2, 0) is 17.3 Å². The van der Waals surface area contributed by atoms with Crippen molar-refractivity contribution in [3.8, 4) is 11.5 Å². The third kappa shape index (κ3) is 8.75. The summed E-state index contributed by atoms with van der Waals surface area (Å²) >= 11 is 0. The van der Waals surface area contributed by atoms with Crippen molar-refractivity contribution in [2.75, 3.05) is 37.9 Å². The maximum Gasteiger partial charge on any atom is 0.271 e. The fourth-order valence-electron chi connectivity index (χ4n) is 4.27. The van der Waals surface area contributed by atoms with Gasteiger partial charge < -0.3 is 20.3 Å². The molecule has 0 saturated carbocycles. The van der Waals surface area contributed by atoms with E-state index in [1.165, 1.54) is 18.4 Å². The van der Waals surface area contributed by atoms with Crippen LogP contribution in [0.15, 0.2) is 71.8 Å². The van der Waals surface area contributed by atoms with Crippen LogP contribution in [0.25, 0.3) is 0 Å². The molecule has 2 heterocycles. The Bertz CT molecular complexity index is 1240. The minimum Gasteiger partial charge on any atom is -0.507 e. The Morgan fingerprint density at radius 3 is 2.62 bits per heavy atom. The van der Waals surface area contributed by atoms with Crippen molar-refractivity contribution in [3.05, 3.63) is 78.1 Å². The van der Waals surface area contributed by atoms with E-state index in [4.69, 9.17) is 4.74 Å². The number of benzene rings is 2. The van der Waals surface area contributed by atoms with E-state index in [0.717, 1.165) is 37.3 Å². The third-order valence-electron chi connectivity index (χ3n) is 6.48. The molecular formula is C28H35N5O5S. The Balaban J connectivity index is 1.13. The molecule has 3 aromatic rings. The zero-order valence-corrected chi connectivity index (χ0v) is 22.7. The molecule has 0 spiro atoms.